The molecule has 1 aliphatic rings. The zero-order chi connectivity index (χ0) is 31.9. The average molecular weight is 628 g/mol. The topological polar surface area (TPSA) is 30.9 Å². The van der Waals surface area contributed by atoms with Crippen molar-refractivity contribution in [2.24, 2.45) is 0 Å². The highest BCUT2D eigenvalue weighted by Gasteiger charge is 2.26. The molecule has 0 saturated carbocycles. The second kappa shape index (κ2) is 30.3. The largest absolute Gasteiger partial charge is 0.713 e. The summed E-state index contributed by atoms with van der Waals surface area (Å²) >= 11 is 0. The van der Waals surface area contributed by atoms with Gasteiger partial charge in [0.05, 0.1) is 0 Å². The molecule has 45 heavy (non-hydrogen) atoms. The molecule has 2 rings (SSSR count). The van der Waals surface area contributed by atoms with E-state index in [1.54, 1.807) is 0 Å². The molecule has 1 heterocycles. The maximum Gasteiger partial charge on any atom is 0.713 e. The molecule has 4 nitrogen and oxygen atoms in total. The number of hydrogen-bond acceptors (Lipinski definition) is 4. The summed E-state index contributed by atoms with van der Waals surface area (Å²) in [5.41, 5.74) is 1.39. The smallest absolute Gasteiger partial charge is 0.512 e. The molecule has 1 aromatic rings. The third-order valence-electron chi connectivity index (χ3n) is 9.63. The lowest BCUT2D eigenvalue weighted by Crippen LogP contribution is -2.41. The lowest BCUT2D eigenvalue weighted by molar-refractivity contribution is 0.0781. The number of unbranched alkanes of at least 4 members (excludes halogenated alkanes) is 24. The summed E-state index contributed by atoms with van der Waals surface area (Å²) in [5, 5.41) is 0. The van der Waals surface area contributed by atoms with Crippen molar-refractivity contribution in [2.45, 2.75) is 187 Å². The Bertz CT molecular complexity index is 736. The van der Waals surface area contributed by atoms with Crippen molar-refractivity contribution in [1.29, 1.82) is 0 Å². The third kappa shape index (κ3) is 23.9. The number of nitrogens with zero attached hydrogens (tertiary/aromatic N) is 1. The third-order valence-corrected chi connectivity index (χ3v) is 9.63. The van der Waals surface area contributed by atoms with Crippen LogP contribution in [0, 0.1) is 0 Å². The van der Waals surface area contributed by atoms with E-state index >= 15 is 0 Å². The van der Waals surface area contributed by atoms with Gasteiger partial charge in [-0.25, -0.2) is 0 Å². The minimum Gasteiger partial charge on any atom is -0.512 e. The molecule has 0 unspecified atom stereocenters. The molecule has 1 saturated heterocycles. The molecule has 1 aliphatic heterocycles. The average Bonchev–Trinajstić information content (AvgIpc) is 3.04. The summed E-state index contributed by atoms with van der Waals surface area (Å²) < 4.78 is 17.9. The molecule has 0 amide bonds. The van der Waals surface area contributed by atoms with Gasteiger partial charge in [-0.1, -0.05) is 180 Å². The monoisotopic (exact) mass is 628 g/mol. The van der Waals surface area contributed by atoms with Gasteiger partial charge in [-0.2, -0.15) is 0 Å². The van der Waals surface area contributed by atoms with Crippen molar-refractivity contribution < 1.29 is 14.0 Å². The van der Waals surface area contributed by atoms with E-state index < -0.39 is 7.32 Å². The van der Waals surface area contributed by atoms with Gasteiger partial charge >= 0.3 is 7.32 Å². The van der Waals surface area contributed by atoms with Crippen molar-refractivity contribution in [3.05, 3.63) is 29.8 Å². The SMILES string of the molecule is CCCCCCCCCCCCCCCCCCN1CCOB(Oc2ccc(CCCCCCCCCCCC)cc2)OCC1. The quantitative estimate of drug-likeness (QED) is 0.0627. The van der Waals surface area contributed by atoms with Gasteiger partial charge in [0.25, 0.3) is 0 Å². The fourth-order valence-corrected chi connectivity index (χ4v) is 6.55. The Morgan fingerprint density at radius 3 is 1.31 bits per heavy atom. The van der Waals surface area contributed by atoms with Crippen LogP contribution in [0.2, 0.25) is 0 Å². The molecule has 0 aromatic heterocycles. The van der Waals surface area contributed by atoms with Gasteiger partial charge in [-0.05, 0) is 43.5 Å². The van der Waals surface area contributed by atoms with Gasteiger partial charge in [-0.15, -0.1) is 0 Å². The first-order valence-electron chi connectivity index (χ1n) is 20.0. The molecule has 1 aromatic carbocycles. The predicted molar refractivity (Wildman–Crippen MR) is 196 cm³/mol. The highest BCUT2D eigenvalue weighted by Crippen LogP contribution is 2.18. The Balaban J connectivity index is 1.39. The molecule has 0 bridgehead atoms. The van der Waals surface area contributed by atoms with Crippen LogP contribution in [0.4, 0.5) is 0 Å². The van der Waals surface area contributed by atoms with Crippen LogP contribution in [0.5, 0.6) is 5.75 Å². The summed E-state index contributed by atoms with van der Waals surface area (Å²) in [6, 6.07) is 8.54. The van der Waals surface area contributed by atoms with Crippen molar-refractivity contribution in [1.82, 2.24) is 4.90 Å². The summed E-state index contributed by atoms with van der Waals surface area (Å²) in [6.45, 7) is 8.96. The number of hydrogen-bond donors (Lipinski definition) is 0. The summed E-state index contributed by atoms with van der Waals surface area (Å²) in [4.78, 5) is 2.49. The van der Waals surface area contributed by atoms with Crippen LogP contribution >= 0.6 is 0 Å². The van der Waals surface area contributed by atoms with Crippen LogP contribution in [0.1, 0.15) is 186 Å². The van der Waals surface area contributed by atoms with E-state index in [4.69, 9.17) is 14.0 Å². The summed E-state index contributed by atoms with van der Waals surface area (Å²) in [6.07, 6.45) is 37.7. The summed E-state index contributed by atoms with van der Waals surface area (Å²) in [7, 11) is -0.601. The van der Waals surface area contributed by atoms with Gasteiger partial charge in [0.2, 0.25) is 0 Å². The van der Waals surface area contributed by atoms with E-state index in [1.807, 2.05) is 0 Å². The van der Waals surface area contributed by atoms with Gasteiger partial charge < -0.3 is 14.0 Å². The van der Waals surface area contributed by atoms with Crippen LogP contribution in [-0.4, -0.2) is 45.1 Å². The zero-order valence-corrected chi connectivity index (χ0v) is 30.2. The normalized spacial score (nSPS) is 14.5. The van der Waals surface area contributed by atoms with Crippen molar-refractivity contribution in [2.75, 3.05) is 32.8 Å². The first kappa shape index (κ1) is 40.1. The molecule has 0 spiro atoms. The van der Waals surface area contributed by atoms with Crippen molar-refractivity contribution in [3.63, 3.8) is 0 Å². The van der Waals surface area contributed by atoms with Gasteiger partial charge in [0.1, 0.15) is 5.75 Å². The zero-order valence-electron chi connectivity index (χ0n) is 30.2. The molecule has 0 aliphatic carbocycles. The molecule has 0 N–H and O–H groups in total. The van der Waals surface area contributed by atoms with E-state index in [1.165, 1.54) is 173 Å². The molecule has 5 heteroatoms. The Morgan fingerprint density at radius 2 is 0.889 bits per heavy atom. The molecular weight excluding hydrogens is 553 g/mol. The van der Waals surface area contributed by atoms with E-state index in [0.717, 1.165) is 31.8 Å². The minimum absolute atomic E-state index is 0.601. The maximum absolute atomic E-state index is 6.02. The second-order valence-electron chi connectivity index (χ2n) is 13.9. The standard InChI is InChI=1S/C40H74BNO3/c1-3-5-7-9-11-13-15-16-17-18-19-20-22-24-26-28-34-42-35-37-43-41(44-38-36-42)45-40-32-30-39(31-33-40)29-27-25-23-21-14-12-10-8-6-4-2/h30-33H,3-29,34-38H2,1-2H3. The van der Waals surface area contributed by atoms with Gasteiger partial charge in [0, 0.05) is 26.3 Å². The summed E-state index contributed by atoms with van der Waals surface area (Å²) in [5.74, 6) is 0.831. The maximum atomic E-state index is 6.02. The van der Waals surface area contributed by atoms with Crippen LogP contribution in [-0.2, 0) is 15.7 Å². The van der Waals surface area contributed by atoms with Crippen LogP contribution in [0.3, 0.4) is 0 Å². The highest BCUT2D eigenvalue weighted by molar-refractivity contribution is 6.37. The fourth-order valence-electron chi connectivity index (χ4n) is 6.55. The molecule has 0 radical (unpaired) electrons. The molecule has 1 fully saturated rings. The predicted octanol–water partition coefficient (Wildman–Crippen LogP) is 12.1. The Kier molecular flexibility index (Phi) is 27.0. The van der Waals surface area contributed by atoms with Gasteiger partial charge in [-0.3, -0.25) is 4.90 Å². The van der Waals surface area contributed by atoms with Gasteiger partial charge in [0.15, 0.2) is 0 Å². The molecule has 0 atom stereocenters. The first-order chi connectivity index (χ1) is 22.3. The fraction of sp³-hybridized carbons (Fsp3) is 0.850. The lowest BCUT2D eigenvalue weighted by atomic mass is 10.0. The number of benzene rings is 1. The van der Waals surface area contributed by atoms with E-state index in [9.17, 15) is 0 Å². The van der Waals surface area contributed by atoms with Crippen LogP contribution < -0.4 is 4.65 Å². The number of aryl methyl sites for hydroxylation is 1. The van der Waals surface area contributed by atoms with Crippen LogP contribution in [0.15, 0.2) is 24.3 Å². The molecular formula is C40H74BNO3. The highest BCUT2D eigenvalue weighted by atomic mass is 16.7. The Labute approximate surface area is 281 Å². The van der Waals surface area contributed by atoms with Crippen molar-refractivity contribution in [3.8, 4) is 5.75 Å². The van der Waals surface area contributed by atoms with Crippen molar-refractivity contribution >= 4 is 7.32 Å². The lowest BCUT2D eigenvalue weighted by Gasteiger charge is -2.26. The second-order valence-corrected chi connectivity index (χ2v) is 13.9. The number of rotatable bonds is 30. The van der Waals surface area contributed by atoms with Crippen LogP contribution in [0.25, 0.3) is 0 Å². The van der Waals surface area contributed by atoms with E-state index in [2.05, 4.69) is 43.0 Å². The van der Waals surface area contributed by atoms with E-state index in [0.29, 0.717) is 13.2 Å². The Morgan fingerprint density at radius 1 is 0.511 bits per heavy atom. The first-order valence-corrected chi connectivity index (χ1v) is 20.0. The Hall–Kier alpha value is -1.04. The minimum atomic E-state index is -0.601. The molecule has 260 valence electrons. The van der Waals surface area contributed by atoms with E-state index in [-0.39, 0.29) is 0 Å².